The Labute approximate surface area is 118 Å². The summed E-state index contributed by atoms with van der Waals surface area (Å²) in [7, 11) is -4.33. The molecule has 4 nitrogen and oxygen atoms in total. The molecular formula is C10H15NaO4S. The minimum absolute atomic E-state index is 0. The predicted molar refractivity (Wildman–Crippen MR) is 53.1 cm³/mol. The first-order valence-electron chi connectivity index (χ1n) is 5.16. The van der Waals surface area contributed by atoms with Gasteiger partial charge in [-0.1, -0.05) is 13.8 Å². The molecule has 16 heavy (non-hydrogen) atoms. The van der Waals surface area contributed by atoms with Crippen LogP contribution in [0.15, 0.2) is 0 Å². The van der Waals surface area contributed by atoms with Crippen LogP contribution in [-0.2, 0) is 14.9 Å². The van der Waals surface area contributed by atoms with E-state index in [0.29, 0.717) is 12.8 Å². The average molecular weight is 254 g/mol. The van der Waals surface area contributed by atoms with E-state index in [1.165, 1.54) is 0 Å². The summed E-state index contributed by atoms with van der Waals surface area (Å²) >= 11 is 0. The van der Waals surface area contributed by atoms with Gasteiger partial charge in [0.2, 0.25) is 0 Å². The standard InChI is InChI=1S/C10H16O4S.Na/c1-9(2)7-3-4-10(9,8(11)5-7)6-15(12,13)14;/h7H,3-6H2,1-2H3,(H,12,13,14);/q;+1/p-1/t7-,10?;/m1./s1. The third kappa shape index (κ3) is 1.90. The summed E-state index contributed by atoms with van der Waals surface area (Å²) in [4.78, 5) is 11.8. The van der Waals surface area contributed by atoms with Gasteiger partial charge in [0.25, 0.3) is 0 Å². The first-order chi connectivity index (χ1) is 6.69. The minimum atomic E-state index is -4.33. The van der Waals surface area contributed by atoms with Crippen molar-refractivity contribution in [2.24, 2.45) is 16.7 Å². The quantitative estimate of drug-likeness (QED) is 0.419. The molecule has 0 aromatic carbocycles. The van der Waals surface area contributed by atoms with Crippen molar-refractivity contribution >= 4 is 15.9 Å². The zero-order valence-electron chi connectivity index (χ0n) is 9.95. The molecule has 0 saturated heterocycles. The van der Waals surface area contributed by atoms with Crippen LogP contribution in [0.4, 0.5) is 0 Å². The van der Waals surface area contributed by atoms with Gasteiger partial charge in [-0.05, 0) is 24.2 Å². The van der Waals surface area contributed by atoms with E-state index in [-0.39, 0.29) is 46.7 Å². The van der Waals surface area contributed by atoms with Crippen molar-refractivity contribution in [3.05, 3.63) is 0 Å². The van der Waals surface area contributed by atoms with Crippen LogP contribution in [0.25, 0.3) is 0 Å². The molecule has 0 N–H and O–H groups in total. The normalized spacial score (nSPS) is 36.2. The molecule has 2 atom stereocenters. The smallest absolute Gasteiger partial charge is 0.748 e. The molecule has 2 aliphatic carbocycles. The van der Waals surface area contributed by atoms with E-state index in [1.807, 2.05) is 13.8 Å². The second-order valence-corrected chi connectivity index (χ2v) is 6.77. The van der Waals surface area contributed by atoms with Gasteiger partial charge < -0.3 is 4.55 Å². The average Bonchev–Trinajstić information content (AvgIpc) is 2.34. The maximum atomic E-state index is 11.8. The van der Waals surface area contributed by atoms with Crippen LogP contribution in [0.1, 0.15) is 33.1 Å². The number of hydrogen-bond donors (Lipinski definition) is 0. The van der Waals surface area contributed by atoms with E-state index < -0.39 is 21.3 Å². The van der Waals surface area contributed by atoms with Crippen LogP contribution < -0.4 is 29.6 Å². The monoisotopic (exact) mass is 254 g/mol. The fourth-order valence-corrected chi connectivity index (χ4v) is 4.69. The topological polar surface area (TPSA) is 74.3 Å². The number of hydrogen-bond acceptors (Lipinski definition) is 4. The van der Waals surface area contributed by atoms with Gasteiger partial charge in [0.05, 0.1) is 15.9 Å². The molecule has 0 spiro atoms. The molecule has 0 aromatic heterocycles. The van der Waals surface area contributed by atoms with Gasteiger partial charge in [-0.3, -0.25) is 4.79 Å². The number of carbonyl (C=O) groups is 1. The zero-order chi connectivity index (χ0) is 11.5. The Morgan fingerprint density at radius 3 is 2.31 bits per heavy atom. The molecule has 0 radical (unpaired) electrons. The molecule has 0 aromatic rings. The second kappa shape index (κ2) is 4.05. The molecule has 2 saturated carbocycles. The summed E-state index contributed by atoms with van der Waals surface area (Å²) in [6.45, 7) is 3.83. The van der Waals surface area contributed by atoms with Crippen LogP contribution in [0, 0.1) is 16.7 Å². The predicted octanol–water partition coefficient (Wildman–Crippen LogP) is -2.07. The fourth-order valence-electron chi connectivity index (χ4n) is 3.41. The summed E-state index contributed by atoms with van der Waals surface area (Å²) < 4.78 is 32.7. The van der Waals surface area contributed by atoms with Crippen molar-refractivity contribution in [1.29, 1.82) is 0 Å². The van der Waals surface area contributed by atoms with Crippen LogP contribution in [-0.4, -0.2) is 24.5 Å². The molecule has 86 valence electrons. The molecule has 2 bridgehead atoms. The minimum Gasteiger partial charge on any atom is -0.748 e. The summed E-state index contributed by atoms with van der Waals surface area (Å²) in [5, 5.41) is 0. The summed E-state index contributed by atoms with van der Waals surface area (Å²) in [6.07, 6.45) is 1.88. The van der Waals surface area contributed by atoms with Crippen LogP contribution >= 0.6 is 0 Å². The number of Topliss-reactive ketones (excluding diaryl/α,β-unsaturated/α-hetero) is 1. The number of rotatable bonds is 2. The molecule has 6 heteroatoms. The Morgan fingerprint density at radius 2 is 2.00 bits per heavy atom. The van der Waals surface area contributed by atoms with Gasteiger partial charge in [-0.2, -0.15) is 0 Å². The zero-order valence-corrected chi connectivity index (χ0v) is 12.8. The van der Waals surface area contributed by atoms with E-state index in [9.17, 15) is 17.8 Å². The van der Waals surface area contributed by atoms with Gasteiger partial charge in [0, 0.05) is 11.8 Å². The Morgan fingerprint density at radius 1 is 1.44 bits per heavy atom. The molecule has 2 fully saturated rings. The van der Waals surface area contributed by atoms with Gasteiger partial charge >= 0.3 is 29.6 Å². The van der Waals surface area contributed by atoms with Gasteiger partial charge in [-0.15, -0.1) is 0 Å². The van der Waals surface area contributed by atoms with E-state index in [4.69, 9.17) is 0 Å². The molecule has 0 aliphatic heterocycles. The Balaban J connectivity index is 0.00000128. The molecular weight excluding hydrogens is 239 g/mol. The van der Waals surface area contributed by atoms with Gasteiger partial charge in [-0.25, -0.2) is 8.42 Å². The maximum Gasteiger partial charge on any atom is 1.00 e. The third-order valence-electron chi connectivity index (χ3n) is 4.56. The largest absolute Gasteiger partial charge is 1.00 e. The van der Waals surface area contributed by atoms with Crippen molar-refractivity contribution < 1.29 is 47.3 Å². The van der Waals surface area contributed by atoms with Crippen molar-refractivity contribution in [3.8, 4) is 0 Å². The Hall–Kier alpha value is 0.580. The fraction of sp³-hybridized carbons (Fsp3) is 0.900. The number of fused-ring (bicyclic) bond motifs is 2. The van der Waals surface area contributed by atoms with E-state index in [2.05, 4.69) is 0 Å². The van der Waals surface area contributed by atoms with Crippen molar-refractivity contribution in [2.75, 3.05) is 5.75 Å². The summed E-state index contributed by atoms with van der Waals surface area (Å²) in [5.41, 5.74) is -1.22. The maximum absolute atomic E-state index is 11.8. The van der Waals surface area contributed by atoms with Crippen molar-refractivity contribution in [2.45, 2.75) is 33.1 Å². The molecule has 1 unspecified atom stereocenters. The third-order valence-corrected chi connectivity index (χ3v) is 5.41. The Kier molecular flexibility index (Phi) is 3.71. The number of carbonyl (C=O) groups excluding carboxylic acids is 1. The van der Waals surface area contributed by atoms with E-state index in [0.717, 1.165) is 6.42 Å². The summed E-state index contributed by atoms with van der Waals surface area (Å²) in [5.74, 6) is -0.280. The molecule has 0 amide bonds. The summed E-state index contributed by atoms with van der Waals surface area (Å²) in [6, 6.07) is 0. The molecule has 0 heterocycles. The van der Waals surface area contributed by atoms with E-state index >= 15 is 0 Å². The SMILES string of the molecule is CC1(C)[C@@H]2CCC1(CS(=O)(=O)[O-])C(=O)C2.[Na+]. The van der Waals surface area contributed by atoms with Crippen LogP contribution in [0.2, 0.25) is 0 Å². The van der Waals surface area contributed by atoms with Crippen LogP contribution in [0.3, 0.4) is 0 Å². The van der Waals surface area contributed by atoms with Crippen LogP contribution in [0.5, 0.6) is 0 Å². The van der Waals surface area contributed by atoms with Crippen molar-refractivity contribution in [1.82, 2.24) is 0 Å². The van der Waals surface area contributed by atoms with Crippen molar-refractivity contribution in [3.63, 3.8) is 0 Å². The second-order valence-electron chi connectivity index (χ2n) is 5.37. The Bertz CT molecular complexity index is 415. The first kappa shape index (κ1) is 14.6. The first-order valence-corrected chi connectivity index (χ1v) is 6.74. The molecule has 2 rings (SSSR count). The van der Waals surface area contributed by atoms with Gasteiger partial charge in [0.1, 0.15) is 5.78 Å². The molecule has 2 aliphatic rings. The van der Waals surface area contributed by atoms with E-state index in [1.54, 1.807) is 0 Å². The van der Waals surface area contributed by atoms with Gasteiger partial charge in [0.15, 0.2) is 0 Å². The number of ketones is 1.